The molecule has 0 saturated carbocycles. The van der Waals surface area contributed by atoms with Crippen LogP contribution in [0.5, 0.6) is 0 Å². The lowest BCUT2D eigenvalue weighted by Crippen LogP contribution is -2.52. The fourth-order valence-corrected chi connectivity index (χ4v) is 2.56. The van der Waals surface area contributed by atoms with Crippen LogP contribution in [0.2, 0.25) is 5.15 Å². The molecule has 1 unspecified atom stereocenters. The SMILES string of the molecule is CC1CN(c2cc([N+](=O)[O-])cc(Cl)n2)CC(C)(C)O1. The van der Waals surface area contributed by atoms with Crippen molar-refractivity contribution < 1.29 is 9.66 Å². The van der Waals surface area contributed by atoms with Crippen LogP contribution < -0.4 is 4.90 Å². The number of morpholine rings is 1. The molecule has 2 rings (SSSR count). The molecule has 104 valence electrons. The zero-order valence-corrected chi connectivity index (χ0v) is 11.8. The minimum absolute atomic E-state index is 0.0311. The van der Waals surface area contributed by atoms with E-state index < -0.39 is 4.92 Å². The molecule has 0 aromatic carbocycles. The molecule has 1 aromatic heterocycles. The van der Waals surface area contributed by atoms with E-state index in [2.05, 4.69) is 4.98 Å². The molecule has 2 heterocycles. The van der Waals surface area contributed by atoms with E-state index in [0.717, 1.165) is 0 Å². The van der Waals surface area contributed by atoms with Crippen LogP contribution in [0.3, 0.4) is 0 Å². The second-order valence-electron chi connectivity index (χ2n) is 5.33. The Balaban J connectivity index is 2.33. The van der Waals surface area contributed by atoms with Crippen molar-refractivity contribution in [1.29, 1.82) is 0 Å². The maximum Gasteiger partial charge on any atom is 0.276 e. The highest BCUT2D eigenvalue weighted by molar-refractivity contribution is 6.29. The van der Waals surface area contributed by atoms with Crippen LogP contribution in [0.25, 0.3) is 0 Å². The second kappa shape index (κ2) is 4.94. The number of pyridine rings is 1. The number of ether oxygens (including phenoxy) is 1. The van der Waals surface area contributed by atoms with E-state index in [-0.39, 0.29) is 22.5 Å². The predicted molar refractivity (Wildman–Crippen MR) is 72.7 cm³/mol. The zero-order valence-electron chi connectivity index (χ0n) is 11.1. The number of halogens is 1. The van der Waals surface area contributed by atoms with Gasteiger partial charge in [0.2, 0.25) is 0 Å². The molecule has 1 fully saturated rings. The summed E-state index contributed by atoms with van der Waals surface area (Å²) in [5, 5.41) is 11.0. The first-order valence-corrected chi connectivity index (χ1v) is 6.39. The lowest BCUT2D eigenvalue weighted by atomic mass is 10.1. The summed E-state index contributed by atoms with van der Waals surface area (Å²) in [5.41, 5.74) is -0.372. The van der Waals surface area contributed by atoms with Crippen LogP contribution in [0.4, 0.5) is 11.5 Å². The summed E-state index contributed by atoms with van der Waals surface area (Å²) < 4.78 is 5.80. The van der Waals surface area contributed by atoms with Gasteiger partial charge in [0.1, 0.15) is 11.0 Å². The molecule has 0 amide bonds. The maximum absolute atomic E-state index is 10.9. The number of aromatic nitrogens is 1. The summed E-state index contributed by atoms with van der Waals surface area (Å²) in [6.45, 7) is 7.17. The van der Waals surface area contributed by atoms with Crippen molar-refractivity contribution in [3.63, 3.8) is 0 Å². The van der Waals surface area contributed by atoms with E-state index in [1.807, 2.05) is 25.7 Å². The Kier molecular flexibility index (Phi) is 3.64. The third kappa shape index (κ3) is 3.33. The number of hydrogen-bond acceptors (Lipinski definition) is 5. The molecule has 0 spiro atoms. The number of anilines is 1. The molecule has 0 aliphatic carbocycles. The van der Waals surface area contributed by atoms with Crippen molar-refractivity contribution in [3.8, 4) is 0 Å². The minimum atomic E-state index is -0.466. The summed E-state index contributed by atoms with van der Waals surface area (Å²) in [4.78, 5) is 16.5. The third-order valence-electron chi connectivity index (χ3n) is 2.87. The van der Waals surface area contributed by atoms with Crippen molar-refractivity contribution in [2.24, 2.45) is 0 Å². The average molecular weight is 286 g/mol. The van der Waals surface area contributed by atoms with E-state index in [9.17, 15) is 10.1 Å². The number of nitrogens with zero attached hydrogens (tertiary/aromatic N) is 3. The topological polar surface area (TPSA) is 68.5 Å². The molecular weight excluding hydrogens is 270 g/mol. The number of nitro groups is 1. The Hall–Kier alpha value is -1.40. The van der Waals surface area contributed by atoms with Crippen LogP contribution in [-0.2, 0) is 4.74 Å². The van der Waals surface area contributed by atoms with Gasteiger partial charge in [0.05, 0.1) is 28.8 Å². The third-order valence-corrected chi connectivity index (χ3v) is 3.06. The number of hydrogen-bond donors (Lipinski definition) is 0. The fourth-order valence-electron chi connectivity index (χ4n) is 2.37. The molecule has 7 heteroatoms. The summed E-state index contributed by atoms with van der Waals surface area (Å²) in [6, 6.07) is 2.69. The Labute approximate surface area is 116 Å². The van der Waals surface area contributed by atoms with Gasteiger partial charge in [-0.3, -0.25) is 10.1 Å². The molecule has 1 aromatic rings. The zero-order chi connectivity index (χ0) is 14.2. The predicted octanol–water partition coefficient (Wildman–Crippen LogP) is 2.65. The van der Waals surface area contributed by atoms with Crippen molar-refractivity contribution >= 4 is 23.1 Å². The van der Waals surface area contributed by atoms with Gasteiger partial charge in [-0.1, -0.05) is 11.6 Å². The average Bonchev–Trinajstić information content (AvgIpc) is 2.25. The highest BCUT2D eigenvalue weighted by Gasteiger charge is 2.32. The molecule has 1 aliphatic rings. The molecule has 0 N–H and O–H groups in total. The normalized spacial score (nSPS) is 22.3. The first-order chi connectivity index (χ1) is 8.77. The van der Waals surface area contributed by atoms with Gasteiger partial charge in [0.15, 0.2) is 0 Å². The van der Waals surface area contributed by atoms with E-state index in [1.165, 1.54) is 12.1 Å². The number of rotatable bonds is 2. The molecule has 0 bridgehead atoms. The second-order valence-corrected chi connectivity index (χ2v) is 5.72. The fraction of sp³-hybridized carbons (Fsp3) is 0.583. The summed E-state index contributed by atoms with van der Waals surface area (Å²) in [5.74, 6) is 0.516. The van der Waals surface area contributed by atoms with Crippen molar-refractivity contribution in [2.45, 2.75) is 32.5 Å². The van der Waals surface area contributed by atoms with Gasteiger partial charge in [-0.15, -0.1) is 0 Å². The van der Waals surface area contributed by atoms with Crippen LogP contribution >= 0.6 is 11.6 Å². The van der Waals surface area contributed by atoms with E-state index >= 15 is 0 Å². The van der Waals surface area contributed by atoms with Crippen LogP contribution in [-0.4, -0.2) is 34.7 Å². The van der Waals surface area contributed by atoms with Gasteiger partial charge >= 0.3 is 0 Å². The van der Waals surface area contributed by atoms with Crippen LogP contribution in [0, 0.1) is 10.1 Å². The molecule has 1 saturated heterocycles. The summed E-state index contributed by atoms with van der Waals surface area (Å²) >= 11 is 5.85. The molecule has 1 atom stereocenters. The molecular formula is C12H16ClN3O3. The highest BCUT2D eigenvalue weighted by atomic mass is 35.5. The van der Waals surface area contributed by atoms with E-state index in [0.29, 0.717) is 18.9 Å². The van der Waals surface area contributed by atoms with Gasteiger partial charge in [0.25, 0.3) is 5.69 Å². The van der Waals surface area contributed by atoms with Gasteiger partial charge < -0.3 is 9.64 Å². The van der Waals surface area contributed by atoms with Crippen molar-refractivity contribution in [3.05, 3.63) is 27.4 Å². The van der Waals surface area contributed by atoms with E-state index in [1.54, 1.807) is 0 Å². The van der Waals surface area contributed by atoms with Gasteiger partial charge in [-0.2, -0.15) is 0 Å². The summed E-state index contributed by atoms with van der Waals surface area (Å²) in [7, 11) is 0. The van der Waals surface area contributed by atoms with Gasteiger partial charge in [-0.05, 0) is 20.8 Å². The first kappa shape index (κ1) is 14.0. The lowest BCUT2D eigenvalue weighted by Gasteiger charge is -2.42. The Morgan fingerprint density at radius 1 is 1.58 bits per heavy atom. The molecule has 0 radical (unpaired) electrons. The van der Waals surface area contributed by atoms with Gasteiger partial charge in [0, 0.05) is 13.1 Å². The minimum Gasteiger partial charge on any atom is -0.369 e. The maximum atomic E-state index is 10.9. The highest BCUT2D eigenvalue weighted by Crippen LogP contribution is 2.28. The van der Waals surface area contributed by atoms with Crippen molar-refractivity contribution in [1.82, 2.24) is 4.98 Å². The van der Waals surface area contributed by atoms with Crippen LogP contribution in [0.15, 0.2) is 12.1 Å². The molecule has 6 nitrogen and oxygen atoms in total. The monoisotopic (exact) mass is 285 g/mol. The smallest absolute Gasteiger partial charge is 0.276 e. The standard InChI is InChI=1S/C12H16ClN3O3/c1-8-6-15(7-12(2,3)19-8)11-5-9(16(17)18)4-10(13)14-11/h4-5,8H,6-7H2,1-3H3. The van der Waals surface area contributed by atoms with E-state index in [4.69, 9.17) is 16.3 Å². The summed E-state index contributed by atoms with van der Waals surface area (Å²) in [6.07, 6.45) is 0.0311. The van der Waals surface area contributed by atoms with Crippen LogP contribution in [0.1, 0.15) is 20.8 Å². The largest absolute Gasteiger partial charge is 0.369 e. The molecule has 19 heavy (non-hydrogen) atoms. The van der Waals surface area contributed by atoms with Crippen molar-refractivity contribution in [2.75, 3.05) is 18.0 Å². The Morgan fingerprint density at radius 3 is 2.84 bits per heavy atom. The Morgan fingerprint density at radius 2 is 2.26 bits per heavy atom. The Bertz CT molecular complexity index is 507. The molecule has 1 aliphatic heterocycles. The lowest BCUT2D eigenvalue weighted by molar-refractivity contribution is -0.384. The van der Waals surface area contributed by atoms with Gasteiger partial charge in [-0.25, -0.2) is 4.98 Å². The first-order valence-electron chi connectivity index (χ1n) is 6.01. The quantitative estimate of drug-likeness (QED) is 0.475.